The molecular weight excluding hydrogens is 374 g/mol. The quantitative estimate of drug-likeness (QED) is 0.591. The Morgan fingerprint density at radius 2 is 1.61 bits per heavy atom. The molecule has 0 atom stereocenters. The fraction of sp³-hybridized carbons (Fsp3) is 0.333. The second-order valence-corrected chi connectivity index (χ2v) is 9.57. The van der Waals surface area contributed by atoms with Crippen molar-refractivity contribution in [3.05, 3.63) is 65.7 Å². The Bertz CT molecular complexity index is 962. The predicted molar refractivity (Wildman–Crippen MR) is 114 cm³/mol. The van der Waals surface area contributed by atoms with E-state index < -0.39 is 15.9 Å². The van der Waals surface area contributed by atoms with Gasteiger partial charge in [-0.3, -0.25) is 9.10 Å². The van der Waals surface area contributed by atoms with Crippen LogP contribution < -0.4 is 9.73 Å². The van der Waals surface area contributed by atoms with Crippen LogP contribution in [-0.2, 0) is 16.6 Å². The number of hydrogen-bond donors (Lipinski definition) is 1. The van der Waals surface area contributed by atoms with E-state index in [9.17, 15) is 13.2 Å². The van der Waals surface area contributed by atoms with E-state index in [1.54, 1.807) is 24.3 Å². The summed E-state index contributed by atoms with van der Waals surface area (Å²) in [6.45, 7) is 7.96. The second kappa shape index (κ2) is 8.56. The van der Waals surface area contributed by atoms with Gasteiger partial charge in [0, 0.05) is 11.1 Å². The molecule has 0 heterocycles. The van der Waals surface area contributed by atoms with E-state index in [1.165, 1.54) is 4.31 Å². The lowest BCUT2D eigenvalue weighted by Gasteiger charge is -2.24. The zero-order valence-electron chi connectivity index (χ0n) is 16.9. The van der Waals surface area contributed by atoms with Crippen molar-refractivity contribution in [2.45, 2.75) is 34.2 Å². The van der Waals surface area contributed by atoms with Gasteiger partial charge in [0.1, 0.15) is 0 Å². The number of hydrogen-bond acceptors (Lipinski definition) is 4. The number of carbonyl (C=O) groups excluding carboxylic acids is 1. The number of sulfonamides is 1. The fourth-order valence-corrected chi connectivity index (χ4v) is 3.28. The second-order valence-electron chi connectivity index (χ2n) is 7.66. The van der Waals surface area contributed by atoms with Crippen LogP contribution >= 0.6 is 0 Å². The molecule has 7 heteroatoms. The number of amides is 1. The summed E-state index contributed by atoms with van der Waals surface area (Å²) in [5.41, 5.74) is 4.51. The maximum atomic E-state index is 12.7. The highest BCUT2D eigenvalue weighted by Crippen LogP contribution is 2.25. The van der Waals surface area contributed by atoms with Crippen LogP contribution in [0.5, 0.6) is 0 Å². The van der Waals surface area contributed by atoms with E-state index in [0.717, 1.165) is 17.5 Å². The van der Waals surface area contributed by atoms with Gasteiger partial charge in [-0.2, -0.15) is 5.10 Å². The first-order chi connectivity index (χ1) is 13.0. The van der Waals surface area contributed by atoms with Crippen molar-refractivity contribution in [3.63, 3.8) is 0 Å². The summed E-state index contributed by atoms with van der Waals surface area (Å²) in [5, 5.41) is 4.17. The number of benzene rings is 2. The molecule has 150 valence electrons. The smallest absolute Gasteiger partial charge is 0.267 e. The molecule has 28 heavy (non-hydrogen) atoms. The van der Waals surface area contributed by atoms with Crippen molar-refractivity contribution in [2.24, 2.45) is 10.5 Å². The summed E-state index contributed by atoms with van der Waals surface area (Å²) < 4.78 is 26.2. The van der Waals surface area contributed by atoms with Gasteiger partial charge in [-0.05, 0) is 24.6 Å². The molecule has 2 aromatic rings. The molecule has 0 aromatic heterocycles. The molecule has 0 aliphatic rings. The third-order valence-corrected chi connectivity index (χ3v) is 5.52. The lowest BCUT2D eigenvalue weighted by molar-refractivity contribution is 0.0955. The molecule has 0 fully saturated rings. The molecule has 0 aliphatic carbocycles. The largest absolute Gasteiger partial charge is 0.273 e. The molecule has 2 aromatic carbocycles. The van der Waals surface area contributed by atoms with Gasteiger partial charge in [0.05, 0.1) is 24.1 Å². The maximum absolute atomic E-state index is 12.7. The highest BCUT2D eigenvalue weighted by molar-refractivity contribution is 7.92. The molecule has 2 rings (SSSR count). The Hall–Kier alpha value is -2.67. The topological polar surface area (TPSA) is 78.8 Å². The lowest BCUT2D eigenvalue weighted by Crippen LogP contribution is -2.32. The highest BCUT2D eigenvalue weighted by atomic mass is 32.2. The van der Waals surface area contributed by atoms with E-state index in [0.29, 0.717) is 5.69 Å². The first kappa shape index (κ1) is 21.6. The van der Waals surface area contributed by atoms with Gasteiger partial charge in [-0.1, -0.05) is 63.2 Å². The third kappa shape index (κ3) is 5.66. The van der Waals surface area contributed by atoms with Gasteiger partial charge in [-0.25, -0.2) is 13.8 Å². The molecule has 1 N–H and O–H groups in total. The van der Waals surface area contributed by atoms with Gasteiger partial charge in [0.25, 0.3) is 5.91 Å². The van der Waals surface area contributed by atoms with Crippen molar-refractivity contribution in [3.8, 4) is 0 Å². The van der Waals surface area contributed by atoms with E-state index in [2.05, 4.69) is 10.5 Å². The van der Waals surface area contributed by atoms with E-state index in [-0.39, 0.29) is 17.5 Å². The summed E-state index contributed by atoms with van der Waals surface area (Å²) in [7, 11) is -3.61. The average Bonchev–Trinajstić information content (AvgIpc) is 2.63. The van der Waals surface area contributed by atoms with Crippen molar-refractivity contribution in [1.82, 2.24) is 5.43 Å². The monoisotopic (exact) mass is 401 g/mol. The first-order valence-electron chi connectivity index (χ1n) is 8.96. The number of anilines is 1. The molecule has 0 aliphatic heterocycles. The number of carbonyl (C=O) groups is 1. The van der Waals surface area contributed by atoms with Gasteiger partial charge in [0.2, 0.25) is 10.0 Å². The van der Waals surface area contributed by atoms with Gasteiger partial charge in [-0.15, -0.1) is 0 Å². The highest BCUT2D eigenvalue weighted by Gasteiger charge is 2.23. The summed E-state index contributed by atoms with van der Waals surface area (Å²) >= 11 is 0. The van der Waals surface area contributed by atoms with E-state index in [1.807, 2.05) is 58.0 Å². The van der Waals surface area contributed by atoms with Gasteiger partial charge < -0.3 is 0 Å². The predicted octanol–water partition coefficient (Wildman–Crippen LogP) is 3.80. The third-order valence-electron chi connectivity index (χ3n) is 4.40. The minimum absolute atomic E-state index is 0.133. The molecule has 0 unspecified atom stereocenters. The summed E-state index contributed by atoms with van der Waals surface area (Å²) in [5.74, 6) is -0.457. The van der Waals surface area contributed by atoms with Crippen LogP contribution in [0.15, 0.2) is 59.7 Å². The molecule has 0 radical (unpaired) electrons. The molecule has 0 spiro atoms. The van der Waals surface area contributed by atoms with Crippen LogP contribution in [0, 0.1) is 5.41 Å². The van der Waals surface area contributed by atoms with Crippen molar-refractivity contribution >= 4 is 27.3 Å². The molecule has 0 saturated carbocycles. The standard InChI is InChI=1S/C21H27N3O3S/c1-16(21(2,3)4)22-23-20(25)18-13-9-10-14-19(18)24(28(5,26)27)15-17-11-7-6-8-12-17/h6-14H,15H2,1-5H3,(H,23,25)/b22-16+. The van der Waals surface area contributed by atoms with Crippen LogP contribution in [-0.4, -0.2) is 26.3 Å². The van der Waals surface area contributed by atoms with Crippen LogP contribution in [0.3, 0.4) is 0 Å². The zero-order valence-corrected chi connectivity index (χ0v) is 17.7. The summed E-state index contributed by atoms with van der Waals surface area (Å²) in [6.07, 6.45) is 1.13. The molecular formula is C21H27N3O3S. The van der Waals surface area contributed by atoms with Gasteiger partial charge in [0.15, 0.2) is 0 Å². The van der Waals surface area contributed by atoms with Crippen LogP contribution in [0.2, 0.25) is 0 Å². The molecule has 0 saturated heterocycles. The zero-order chi connectivity index (χ0) is 20.9. The Balaban J connectivity index is 2.40. The Morgan fingerprint density at radius 3 is 2.18 bits per heavy atom. The van der Waals surface area contributed by atoms with Crippen LogP contribution in [0.1, 0.15) is 43.6 Å². The average molecular weight is 402 g/mol. The van der Waals surface area contributed by atoms with E-state index in [4.69, 9.17) is 0 Å². The number of rotatable bonds is 6. The number of nitrogens with one attached hydrogen (secondary N) is 1. The van der Waals surface area contributed by atoms with Crippen LogP contribution in [0.4, 0.5) is 5.69 Å². The minimum atomic E-state index is -3.61. The molecule has 6 nitrogen and oxygen atoms in total. The maximum Gasteiger partial charge on any atom is 0.273 e. The van der Waals surface area contributed by atoms with Gasteiger partial charge >= 0.3 is 0 Å². The minimum Gasteiger partial charge on any atom is -0.267 e. The van der Waals surface area contributed by atoms with Crippen molar-refractivity contribution in [2.75, 3.05) is 10.6 Å². The lowest BCUT2D eigenvalue weighted by atomic mass is 9.91. The number of hydrazone groups is 1. The number of para-hydroxylation sites is 1. The summed E-state index contributed by atoms with van der Waals surface area (Å²) in [4.78, 5) is 12.7. The Labute approximate surface area is 167 Å². The van der Waals surface area contributed by atoms with Crippen LogP contribution in [0.25, 0.3) is 0 Å². The van der Waals surface area contributed by atoms with Crippen molar-refractivity contribution < 1.29 is 13.2 Å². The van der Waals surface area contributed by atoms with E-state index >= 15 is 0 Å². The Morgan fingerprint density at radius 1 is 1.04 bits per heavy atom. The first-order valence-corrected chi connectivity index (χ1v) is 10.8. The fourth-order valence-electron chi connectivity index (χ4n) is 2.38. The molecule has 1 amide bonds. The SMILES string of the molecule is C/C(=N\NC(=O)c1ccccc1N(Cc1ccccc1)S(C)(=O)=O)C(C)(C)C. The molecule has 0 bridgehead atoms. The summed E-state index contributed by atoms with van der Waals surface area (Å²) in [6, 6.07) is 15.9. The Kier molecular flexibility index (Phi) is 6.61. The normalized spacial score (nSPS) is 12.5. The van der Waals surface area contributed by atoms with Crippen molar-refractivity contribution in [1.29, 1.82) is 0 Å². The number of nitrogens with zero attached hydrogens (tertiary/aromatic N) is 2.